The van der Waals surface area contributed by atoms with Crippen LogP contribution in [0.1, 0.15) is 21.5 Å². The van der Waals surface area contributed by atoms with Crippen LogP contribution in [0, 0.1) is 11.8 Å². The van der Waals surface area contributed by atoms with Crippen LogP contribution in [-0.2, 0) is 16.0 Å². The summed E-state index contributed by atoms with van der Waals surface area (Å²) < 4.78 is 5.06. The van der Waals surface area contributed by atoms with E-state index in [9.17, 15) is 9.59 Å². The van der Waals surface area contributed by atoms with Gasteiger partial charge in [-0.15, -0.1) is 0 Å². The highest BCUT2D eigenvalue weighted by atomic mass is 16.5. The average molecular weight is 383 g/mol. The highest BCUT2D eigenvalue weighted by Gasteiger charge is 2.40. The molecule has 4 nitrogen and oxygen atoms in total. The first kappa shape index (κ1) is 19.9. The molecule has 0 aliphatic carbocycles. The van der Waals surface area contributed by atoms with Gasteiger partial charge in [0.1, 0.15) is 0 Å². The van der Waals surface area contributed by atoms with Crippen molar-refractivity contribution in [2.45, 2.75) is 12.0 Å². The summed E-state index contributed by atoms with van der Waals surface area (Å²) in [5.41, 5.74) is 0.505. The molecule has 0 fully saturated rings. The fourth-order valence-corrected chi connectivity index (χ4v) is 2.93. The van der Waals surface area contributed by atoms with E-state index >= 15 is 0 Å². The molecule has 0 aromatic heterocycles. The third-order valence-electron chi connectivity index (χ3n) is 4.40. The first-order valence-corrected chi connectivity index (χ1v) is 9.21. The van der Waals surface area contributed by atoms with E-state index in [-0.39, 0.29) is 6.42 Å². The molecule has 3 rings (SSSR count). The number of hydrogen-bond donors (Lipinski definition) is 1. The Balaban J connectivity index is 2.04. The highest BCUT2D eigenvalue weighted by Crippen LogP contribution is 2.17. The van der Waals surface area contributed by atoms with Crippen molar-refractivity contribution in [3.8, 4) is 11.8 Å². The first-order valence-electron chi connectivity index (χ1n) is 9.21. The van der Waals surface area contributed by atoms with Gasteiger partial charge in [-0.2, -0.15) is 0 Å². The van der Waals surface area contributed by atoms with Crippen molar-refractivity contribution in [1.29, 1.82) is 0 Å². The van der Waals surface area contributed by atoms with Gasteiger partial charge in [0.2, 0.25) is 5.54 Å². The lowest BCUT2D eigenvalue weighted by atomic mass is 9.90. The van der Waals surface area contributed by atoms with Gasteiger partial charge in [0.25, 0.3) is 5.91 Å². The third-order valence-corrected chi connectivity index (χ3v) is 4.40. The molecule has 3 aromatic rings. The molecule has 0 saturated carbocycles. The van der Waals surface area contributed by atoms with Gasteiger partial charge in [-0.3, -0.25) is 4.79 Å². The molecule has 1 unspecified atom stereocenters. The lowest BCUT2D eigenvalue weighted by Crippen LogP contribution is -2.55. The Kier molecular flexibility index (Phi) is 6.44. The normalized spacial score (nSPS) is 12.0. The molecule has 0 bridgehead atoms. The summed E-state index contributed by atoms with van der Waals surface area (Å²) in [5.74, 6) is 4.99. The van der Waals surface area contributed by atoms with Crippen LogP contribution in [-0.4, -0.2) is 24.5 Å². The molecule has 1 atom stereocenters. The molecule has 1 amide bonds. The second kappa shape index (κ2) is 9.38. The summed E-state index contributed by atoms with van der Waals surface area (Å²) in [6.07, 6.45) is 0.179. The largest absolute Gasteiger partial charge is 0.467 e. The van der Waals surface area contributed by atoms with Gasteiger partial charge < -0.3 is 10.1 Å². The lowest BCUT2D eigenvalue weighted by molar-refractivity contribution is -0.145. The molecule has 1 N–H and O–H groups in total. The van der Waals surface area contributed by atoms with Gasteiger partial charge in [0.05, 0.1) is 7.11 Å². The van der Waals surface area contributed by atoms with E-state index in [2.05, 4.69) is 17.2 Å². The van der Waals surface area contributed by atoms with Crippen molar-refractivity contribution in [2.24, 2.45) is 0 Å². The molecule has 0 radical (unpaired) electrons. The minimum absolute atomic E-state index is 0.179. The SMILES string of the molecule is COC(=O)C(C#Cc1ccccc1)(Cc1ccccc1)NC(=O)c1ccccc1. The van der Waals surface area contributed by atoms with Gasteiger partial charge in [-0.05, 0) is 29.8 Å². The number of nitrogens with one attached hydrogen (secondary N) is 1. The van der Waals surface area contributed by atoms with Crippen LogP contribution in [0.3, 0.4) is 0 Å². The number of hydrogen-bond acceptors (Lipinski definition) is 3. The number of methoxy groups -OCH3 is 1. The van der Waals surface area contributed by atoms with Gasteiger partial charge in [-0.25, -0.2) is 4.79 Å². The Morgan fingerprint density at radius 1 is 0.862 bits per heavy atom. The van der Waals surface area contributed by atoms with Crippen molar-refractivity contribution < 1.29 is 14.3 Å². The lowest BCUT2D eigenvalue weighted by Gasteiger charge is -2.27. The number of carbonyl (C=O) groups excluding carboxylic acids is 2. The van der Waals surface area contributed by atoms with E-state index in [1.807, 2.05) is 66.7 Å². The molecule has 0 aliphatic rings. The molecule has 29 heavy (non-hydrogen) atoms. The van der Waals surface area contributed by atoms with Crippen molar-refractivity contribution >= 4 is 11.9 Å². The van der Waals surface area contributed by atoms with Crippen LogP contribution < -0.4 is 5.32 Å². The Morgan fingerprint density at radius 3 is 2.00 bits per heavy atom. The average Bonchev–Trinajstić information content (AvgIpc) is 2.79. The predicted molar refractivity (Wildman–Crippen MR) is 112 cm³/mol. The Bertz CT molecular complexity index is 1020. The highest BCUT2D eigenvalue weighted by molar-refractivity contribution is 5.99. The standard InChI is InChI=1S/C25H21NO3/c1-29-24(28)25(19-21-13-7-3-8-14-21,18-17-20-11-5-2-6-12-20)26-23(27)22-15-9-4-10-16-22/h2-16H,19H2,1H3,(H,26,27). The molecule has 0 saturated heterocycles. The second-order valence-electron chi connectivity index (χ2n) is 6.50. The molecule has 4 heteroatoms. The monoisotopic (exact) mass is 383 g/mol. The number of carbonyl (C=O) groups is 2. The van der Waals surface area contributed by atoms with Crippen molar-refractivity contribution in [1.82, 2.24) is 5.32 Å². The number of rotatable bonds is 5. The van der Waals surface area contributed by atoms with Gasteiger partial charge in [-0.1, -0.05) is 78.6 Å². The minimum Gasteiger partial charge on any atom is -0.467 e. The molecule has 0 heterocycles. The van der Waals surface area contributed by atoms with Gasteiger partial charge >= 0.3 is 5.97 Å². The second-order valence-corrected chi connectivity index (χ2v) is 6.50. The summed E-state index contributed by atoms with van der Waals surface area (Å²) in [6.45, 7) is 0. The van der Waals surface area contributed by atoms with Crippen molar-refractivity contribution in [3.05, 3.63) is 108 Å². The summed E-state index contributed by atoms with van der Waals surface area (Å²) in [6, 6.07) is 27.4. The maximum absolute atomic E-state index is 12.9. The number of esters is 1. The molecule has 0 spiro atoms. The number of amides is 1. The minimum atomic E-state index is -1.53. The Labute approximate surface area is 170 Å². The van der Waals surface area contributed by atoms with E-state index in [0.29, 0.717) is 5.56 Å². The number of ether oxygens (including phenoxy) is 1. The molecule has 3 aromatic carbocycles. The van der Waals surface area contributed by atoms with Gasteiger partial charge in [0, 0.05) is 17.5 Å². The van der Waals surface area contributed by atoms with Crippen molar-refractivity contribution in [3.63, 3.8) is 0 Å². The zero-order chi connectivity index (χ0) is 20.5. The van der Waals surface area contributed by atoms with E-state index < -0.39 is 17.4 Å². The summed E-state index contributed by atoms with van der Waals surface area (Å²) >= 11 is 0. The molecule has 144 valence electrons. The van der Waals surface area contributed by atoms with Gasteiger partial charge in [0.15, 0.2) is 0 Å². The fourth-order valence-electron chi connectivity index (χ4n) is 2.93. The zero-order valence-electron chi connectivity index (χ0n) is 16.1. The quantitative estimate of drug-likeness (QED) is 0.541. The third kappa shape index (κ3) is 5.12. The summed E-state index contributed by atoms with van der Waals surface area (Å²) in [5, 5.41) is 2.83. The van der Waals surface area contributed by atoms with Crippen LogP contribution in [0.2, 0.25) is 0 Å². The maximum atomic E-state index is 12.9. The first-order chi connectivity index (χ1) is 14.1. The van der Waals surface area contributed by atoms with Crippen molar-refractivity contribution in [2.75, 3.05) is 7.11 Å². The summed E-state index contributed by atoms with van der Waals surface area (Å²) in [7, 11) is 1.29. The zero-order valence-corrected chi connectivity index (χ0v) is 16.1. The van der Waals surface area contributed by atoms with E-state index in [1.165, 1.54) is 7.11 Å². The van der Waals surface area contributed by atoms with Crippen LogP contribution in [0.15, 0.2) is 91.0 Å². The van der Waals surface area contributed by atoms with Crippen LogP contribution in [0.5, 0.6) is 0 Å². The number of benzene rings is 3. The van der Waals surface area contributed by atoms with Crippen LogP contribution in [0.4, 0.5) is 0 Å². The molecular formula is C25H21NO3. The van der Waals surface area contributed by atoms with E-state index in [1.54, 1.807) is 24.3 Å². The van der Waals surface area contributed by atoms with E-state index in [4.69, 9.17) is 4.74 Å². The van der Waals surface area contributed by atoms with Crippen LogP contribution in [0.25, 0.3) is 0 Å². The Morgan fingerprint density at radius 2 is 1.41 bits per heavy atom. The molecule has 0 aliphatic heterocycles. The maximum Gasteiger partial charge on any atom is 0.344 e. The van der Waals surface area contributed by atoms with E-state index in [0.717, 1.165) is 11.1 Å². The smallest absolute Gasteiger partial charge is 0.344 e. The Hall–Kier alpha value is -3.84. The molecular weight excluding hydrogens is 362 g/mol. The predicted octanol–water partition coefficient (Wildman–Crippen LogP) is 3.62. The van der Waals surface area contributed by atoms with Crippen LogP contribution >= 0.6 is 0 Å². The fraction of sp³-hybridized carbons (Fsp3) is 0.120. The summed E-state index contributed by atoms with van der Waals surface area (Å²) in [4.78, 5) is 25.8. The topological polar surface area (TPSA) is 55.4 Å².